The molecule has 2 atom stereocenters. The first kappa shape index (κ1) is 12.0. The molecule has 2 unspecified atom stereocenters. The zero-order valence-corrected chi connectivity index (χ0v) is 8.81. The van der Waals surface area contributed by atoms with Gasteiger partial charge in [-0.05, 0) is 18.3 Å². The molecule has 0 N–H and O–H groups in total. The molecule has 2 radical (unpaired) electrons. The predicted molar refractivity (Wildman–Crippen MR) is 56.7 cm³/mol. The van der Waals surface area contributed by atoms with E-state index in [1.807, 2.05) is 0 Å². The van der Waals surface area contributed by atoms with Crippen LogP contribution in [0, 0.1) is 25.7 Å². The highest BCUT2D eigenvalue weighted by Crippen LogP contribution is 2.39. The highest BCUT2D eigenvalue weighted by molar-refractivity contribution is 4.82. The minimum Gasteiger partial charge on any atom is -0.0654 e. The molecule has 0 spiro atoms. The lowest BCUT2D eigenvalue weighted by molar-refractivity contribution is 0.728. The molecular weight excluding hydrogens is 144 g/mol. The normalized spacial score (nSPS) is 26.0. The molecule has 1 rings (SSSR count). The maximum absolute atomic E-state index is 3.80. The average molecular weight is 168 g/mol. The van der Waals surface area contributed by atoms with Gasteiger partial charge in [-0.3, -0.25) is 0 Å². The van der Waals surface area contributed by atoms with Crippen molar-refractivity contribution in [2.75, 3.05) is 0 Å². The Labute approximate surface area is 78.8 Å². The van der Waals surface area contributed by atoms with Gasteiger partial charge in [0.1, 0.15) is 0 Å². The smallest absolute Gasteiger partial charge is 0.0386 e. The van der Waals surface area contributed by atoms with E-state index < -0.39 is 0 Å². The maximum Gasteiger partial charge on any atom is -0.0386 e. The first-order chi connectivity index (χ1) is 5.76. The fourth-order valence-electron chi connectivity index (χ4n) is 1.23. The molecule has 12 heavy (non-hydrogen) atoms. The molecule has 0 aromatic heterocycles. The molecular formula is C12H24. The van der Waals surface area contributed by atoms with Gasteiger partial charge in [-0.2, -0.15) is 0 Å². The van der Waals surface area contributed by atoms with E-state index in [2.05, 4.69) is 27.7 Å². The van der Waals surface area contributed by atoms with Crippen LogP contribution in [0.1, 0.15) is 52.4 Å². The van der Waals surface area contributed by atoms with E-state index in [9.17, 15) is 0 Å². The molecule has 0 nitrogen and oxygen atoms in total. The molecule has 0 saturated heterocycles. The third kappa shape index (κ3) is 6.69. The molecule has 0 bridgehead atoms. The Balaban J connectivity index is 0.000000202. The number of rotatable bonds is 4. The molecule has 72 valence electrons. The van der Waals surface area contributed by atoms with E-state index in [0.29, 0.717) is 0 Å². The van der Waals surface area contributed by atoms with E-state index in [4.69, 9.17) is 0 Å². The minimum absolute atomic E-state index is 0.991. The van der Waals surface area contributed by atoms with E-state index in [-0.39, 0.29) is 0 Å². The maximum atomic E-state index is 3.80. The standard InChI is InChI=1S/C6H11.C6H13/c1-3-6-4-5(6)2;1-3-5-6-4-2/h5-6H,1,3-4H2,2H3;1,3-6H2,2H3. The molecule has 0 aromatic rings. The largest absolute Gasteiger partial charge is 0.0654 e. The Morgan fingerprint density at radius 1 is 1.25 bits per heavy atom. The summed E-state index contributed by atoms with van der Waals surface area (Å²) in [5.74, 6) is 1.99. The van der Waals surface area contributed by atoms with Gasteiger partial charge in [0.15, 0.2) is 0 Å². The van der Waals surface area contributed by atoms with Crippen LogP contribution in [0.25, 0.3) is 0 Å². The van der Waals surface area contributed by atoms with Crippen molar-refractivity contribution in [2.45, 2.75) is 52.4 Å². The lowest BCUT2D eigenvalue weighted by Gasteiger charge is -1.86. The van der Waals surface area contributed by atoms with Gasteiger partial charge in [0.2, 0.25) is 0 Å². The van der Waals surface area contributed by atoms with Crippen LogP contribution >= 0.6 is 0 Å². The molecule has 1 fully saturated rings. The quantitative estimate of drug-likeness (QED) is 0.550. The third-order valence-electron chi connectivity index (χ3n) is 2.50. The van der Waals surface area contributed by atoms with Gasteiger partial charge in [-0.1, -0.05) is 59.8 Å². The lowest BCUT2D eigenvalue weighted by atomic mass is 10.2. The van der Waals surface area contributed by atoms with E-state index in [1.165, 1.54) is 25.7 Å². The zero-order chi connectivity index (χ0) is 9.40. The van der Waals surface area contributed by atoms with Crippen LogP contribution in [-0.2, 0) is 0 Å². The molecule has 1 aliphatic rings. The Kier molecular flexibility index (Phi) is 7.64. The molecule has 0 aliphatic heterocycles. The van der Waals surface area contributed by atoms with Crippen LogP contribution in [0.5, 0.6) is 0 Å². The second-order valence-electron chi connectivity index (χ2n) is 3.82. The van der Waals surface area contributed by atoms with E-state index in [0.717, 1.165) is 24.7 Å². The fraction of sp³-hybridized carbons (Fsp3) is 0.833. The van der Waals surface area contributed by atoms with Crippen LogP contribution in [-0.4, -0.2) is 0 Å². The van der Waals surface area contributed by atoms with Crippen molar-refractivity contribution in [1.29, 1.82) is 0 Å². The number of unbranched alkanes of at least 4 members (excludes halogenated alkanes) is 3. The summed E-state index contributed by atoms with van der Waals surface area (Å²) in [4.78, 5) is 0. The predicted octanol–water partition coefficient (Wildman–Crippen LogP) is 4.27. The third-order valence-corrected chi connectivity index (χ3v) is 2.50. The molecule has 0 heterocycles. The molecule has 0 heteroatoms. The van der Waals surface area contributed by atoms with Gasteiger partial charge < -0.3 is 0 Å². The second kappa shape index (κ2) is 7.64. The molecule has 0 amide bonds. The number of hydrogen-bond donors (Lipinski definition) is 0. The Hall–Kier alpha value is 0. The van der Waals surface area contributed by atoms with Crippen molar-refractivity contribution < 1.29 is 0 Å². The van der Waals surface area contributed by atoms with Crippen LogP contribution < -0.4 is 0 Å². The van der Waals surface area contributed by atoms with Crippen molar-refractivity contribution in [3.63, 3.8) is 0 Å². The van der Waals surface area contributed by atoms with Crippen molar-refractivity contribution in [2.24, 2.45) is 11.8 Å². The van der Waals surface area contributed by atoms with E-state index in [1.54, 1.807) is 0 Å². The Bertz CT molecular complexity index is 80.0. The summed E-state index contributed by atoms with van der Waals surface area (Å²) in [7, 11) is 0. The van der Waals surface area contributed by atoms with Gasteiger partial charge in [0.25, 0.3) is 0 Å². The monoisotopic (exact) mass is 168 g/mol. The van der Waals surface area contributed by atoms with Gasteiger partial charge in [-0.25, -0.2) is 0 Å². The number of hydrogen-bond acceptors (Lipinski definition) is 0. The minimum atomic E-state index is 0.991. The molecule has 1 aliphatic carbocycles. The van der Waals surface area contributed by atoms with Crippen LogP contribution in [0.2, 0.25) is 0 Å². The fourth-order valence-corrected chi connectivity index (χ4v) is 1.23. The molecule has 1 saturated carbocycles. The van der Waals surface area contributed by atoms with Crippen molar-refractivity contribution >= 4 is 0 Å². The SMILES string of the molecule is [CH2]CC1CC1C.[CH2]CCCCC. The van der Waals surface area contributed by atoms with Crippen LogP contribution in [0.3, 0.4) is 0 Å². The Morgan fingerprint density at radius 2 is 1.83 bits per heavy atom. The topological polar surface area (TPSA) is 0 Å². The van der Waals surface area contributed by atoms with Gasteiger partial charge >= 0.3 is 0 Å². The van der Waals surface area contributed by atoms with E-state index >= 15 is 0 Å². The summed E-state index contributed by atoms with van der Waals surface area (Å²) >= 11 is 0. The summed E-state index contributed by atoms with van der Waals surface area (Å²) in [6.07, 6.45) is 7.66. The lowest BCUT2D eigenvalue weighted by Crippen LogP contribution is -1.68. The van der Waals surface area contributed by atoms with Crippen molar-refractivity contribution in [3.05, 3.63) is 13.8 Å². The highest BCUT2D eigenvalue weighted by Gasteiger charge is 2.29. The summed E-state index contributed by atoms with van der Waals surface area (Å²) in [5.41, 5.74) is 0. The first-order valence-corrected chi connectivity index (χ1v) is 5.34. The second-order valence-corrected chi connectivity index (χ2v) is 3.82. The summed E-state index contributed by atoms with van der Waals surface area (Å²) in [6, 6.07) is 0. The van der Waals surface area contributed by atoms with Gasteiger partial charge in [0, 0.05) is 0 Å². The van der Waals surface area contributed by atoms with Crippen molar-refractivity contribution in [1.82, 2.24) is 0 Å². The summed E-state index contributed by atoms with van der Waals surface area (Å²) < 4.78 is 0. The summed E-state index contributed by atoms with van der Waals surface area (Å²) in [5, 5.41) is 0. The van der Waals surface area contributed by atoms with Crippen LogP contribution in [0.4, 0.5) is 0 Å². The summed E-state index contributed by atoms with van der Waals surface area (Å²) in [6.45, 7) is 12.0. The Morgan fingerprint density at radius 3 is 1.92 bits per heavy atom. The zero-order valence-electron chi connectivity index (χ0n) is 8.81. The molecule has 0 aromatic carbocycles. The van der Waals surface area contributed by atoms with Crippen molar-refractivity contribution in [3.8, 4) is 0 Å². The average Bonchev–Trinajstić information content (AvgIpc) is 2.79. The van der Waals surface area contributed by atoms with Crippen LogP contribution in [0.15, 0.2) is 0 Å². The van der Waals surface area contributed by atoms with Gasteiger partial charge in [0.05, 0.1) is 0 Å². The van der Waals surface area contributed by atoms with Gasteiger partial charge in [-0.15, -0.1) is 0 Å². The first-order valence-electron chi connectivity index (χ1n) is 5.34. The highest BCUT2D eigenvalue weighted by atomic mass is 14.3.